The minimum absolute atomic E-state index is 0.106. The normalized spacial score (nSPS) is 12.5. The molecule has 3 rings (SSSR count). The highest BCUT2D eigenvalue weighted by atomic mass is 16.6. The molecule has 0 bridgehead atoms. The van der Waals surface area contributed by atoms with Crippen LogP contribution in [0.5, 0.6) is 0 Å². The van der Waals surface area contributed by atoms with Crippen LogP contribution in [0.4, 0.5) is 5.88 Å². The molecule has 1 amide bonds. The summed E-state index contributed by atoms with van der Waals surface area (Å²) in [7, 11) is 0. The number of nitrogens with zero attached hydrogens (tertiary/aromatic N) is 3. The number of furan rings is 1. The molecule has 130 valence electrons. The summed E-state index contributed by atoms with van der Waals surface area (Å²) in [6.45, 7) is 5.90. The molecule has 3 aromatic rings. The van der Waals surface area contributed by atoms with Crippen molar-refractivity contribution >= 4 is 22.8 Å². The predicted molar refractivity (Wildman–Crippen MR) is 91.4 cm³/mol. The van der Waals surface area contributed by atoms with Gasteiger partial charge in [0.05, 0.1) is 23.1 Å². The third-order valence-corrected chi connectivity index (χ3v) is 3.87. The van der Waals surface area contributed by atoms with Crippen molar-refractivity contribution in [2.75, 3.05) is 0 Å². The molecule has 2 aromatic heterocycles. The Morgan fingerprint density at radius 3 is 2.60 bits per heavy atom. The Bertz CT molecular complexity index is 941. The lowest BCUT2D eigenvalue weighted by atomic mass is 10.2. The Balaban J connectivity index is 1.89. The van der Waals surface area contributed by atoms with Gasteiger partial charge in [-0.3, -0.25) is 14.9 Å². The minimum Gasteiger partial charge on any atom is -0.395 e. The van der Waals surface area contributed by atoms with Gasteiger partial charge < -0.3 is 14.3 Å². The van der Waals surface area contributed by atoms with Gasteiger partial charge in [-0.05, 0) is 39.0 Å². The Labute approximate surface area is 143 Å². The molecule has 1 aromatic carbocycles. The van der Waals surface area contributed by atoms with Crippen molar-refractivity contribution in [1.29, 1.82) is 0 Å². The second-order valence-corrected chi connectivity index (χ2v) is 6.01. The summed E-state index contributed by atoms with van der Waals surface area (Å²) in [6.07, 6.45) is 0. The van der Waals surface area contributed by atoms with Gasteiger partial charge in [0.1, 0.15) is 10.7 Å². The largest absolute Gasteiger partial charge is 0.433 e. The number of hydrogen-bond donors (Lipinski definition) is 1. The molecular formula is C17H18N4O4. The number of benzene rings is 1. The first-order valence-corrected chi connectivity index (χ1v) is 7.90. The highest BCUT2D eigenvalue weighted by Crippen LogP contribution is 2.25. The third-order valence-electron chi connectivity index (χ3n) is 3.87. The first-order valence-electron chi connectivity index (χ1n) is 7.90. The summed E-state index contributed by atoms with van der Waals surface area (Å²) >= 11 is 0. The van der Waals surface area contributed by atoms with Crippen LogP contribution in [0.25, 0.3) is 11.0 Å². The SMILES string of the molecule is CC(NC(=O)c1ccc([N+](=O)[O-])o1)c1nc2ccccc2n1C(C)C. The number of carbonyl (C=O) groups excluding carboxylic acids is 1. The monoisotopic (exact) mass is 342 g/mol. The summed E-state index contributed by atoms with van der Waals surface area (Å²) in [4.78, 5) is 26.9. The van der Waals surface area contributed by atoms with E-state index in [1.165, 1.54) is 6.07 Å². The quantitative estimate of drug-likeness (QED) is 0.563. The van der Waals surface area contributed by atoms with E-state index in [1.54, 1.807) is 0 Å². The smallest absolute Gasteiger partial charge is 0.395 e. The van der Waals surface area contributed by atoms with Crippen molar-refractivity contribution in [3.05, 3.63) is 58.1 Å². The number of fused-ring (bicyclic) bond motifs is 1. The standard InChI is InChI=1S/C17H18N4O4/c1-10(2)20-13-7-5-4-6-12(13)19-16(20)11(3)18-17(22)14-8-9-15(25-14)21(23)24/h4-11H,1-3H3,(H,18,22). The zero-order chi connectivity index (χ0) is 18.1. The molecule has 0 saturated carbocycles. The number of rotatable bonds is 5. The molecule has 2 heterocycles. The lowest BCUT2D eigenvalue weighted by Crippen LogP contribution is -2.28. The molecule has 1 unspecified atom stereocenters. The number of hydrogen-bond acceptors (Lipinski definition) is 5. The summed E-state index contributed by atoms with van der Waals surface area (Å²) in [5.74, 6) is -0.383. The van der Waals surface area contributed by atoms with Crippen LogP contribution in [-0.4, -0.2) is 20.4 Å². The fourth-order valence-corrected chi connectivity index (χ4v) is 2.79. The van der Waals surface area contributed by atoms with Gasteiger partial charge in [-0.2, -0.15) is 0 Å². The zero-order valence-electron chi connectivity index (χ0n) is 14.1. The number of nitro groups is 1. The zero-order valence-corrected chi connectivity index (χ0v) is 14.1. The van der Waals surface area contributed by atoms with Crippen molar-refractivity contribution in [2.45, 2.75) is 32.9 Å². The summed E-state index contributed by atoms with van der Waals surface area (Å²) in [5.41, 5.74) is 1.84. The number of carbonyl (C=O) groups is 1. The Morgan fingerprint density at radius 1 is 1.24 bits per heavy atom. The molecule has 25 heavy (non-hydrogen) atoms. The van der Waals surface area contributed by atoms with Crippen LogP contribution in [0, 0.1) is 10.1 Å². The van der Waals surface area contributed by atoms with Crippen LogP contribution >= 0.6 is 0 Å². The van der Waals surface area contributed by atoms with Crippen LogP contribution in [0.1, 0.15) is 49.2 Å². The van der Waals surface area contributed by atoms with Crippen molar-refractivity contribution in [3.8, 4) is 0 Å². The van der Waals surface area contributed by atoms with E-state index in [0.717, 1.165) is 17.1 Å². The van der Waals surface area contributed by atoms with Gasteiger partial charge in [-0.1, -0.05) is 12.1 Å². The van der Waals surface area contributed by atoms with E-state index in [4.69, 9.17) is 4.42 Å². The van der Waals surface area contributed by atoms with Gasteiger partial charge >= 0.3 is 5.88 Å². The number of imidazole rings is 1. The molecule has 0 saturated heterocycles. The van der Waals surface area contributed by atoms with E-state index < -0.39 is 22.8 Å². The molecule has 1 atom stereocenters. The topological polar surface area (TPSA) is 103 Å². The molecule has 0 aliphatic carbocycles. The lowest BCUT2D eigenvalue weighted by Gasteiger charge is -2.18. The highest BCUT2D eigenvalue weighted by molar-refractivity contribution is 5.92. The fraction of sp³-hybridized carbons (Fsp3) is 0.294. The minimum atomic E-state index is -0.682. The van der Waals surface area contributed by atoms with Gasteiger partial charge in [0.25, 0.3) is 5.91 Å². The molecular weight excluding hydrogens is 324 g/mol. The summed E-state index contributed by atoms with van der Waals surface area (Å²) in [6, 6.07) is 9.96. The Kier molecular flexibility index (Phi) is 4.26. The molecule has 0 fully saturated rings. The van der Waals surface area contributed by atoms with E-state index in [1.807, 2.05) is 45.0 Å². The summed E-state index contributed by atoms with van der Waals surface area (Å²) < 4.78 is 7.00. The van der Waals surface area contributed by atoms with Gasteiger partial charge in [0, 0.05) is 6.04 Å². The molecule has 1 N–H and O–H groups in total. The van der Waals surface area contributed by atoms with E-state index in [9.17, 15) is 14.9 Å². The van der Waals surface area contributed by atoms with Crippen molar-refractivity contribution in [2.24, 2.45) is 0 Å². The van der Waals surface area contributed by atoms with Crippen LogP contribution in [0.3, 0.4) is 0 Å². The second-order valence-electron chi connectivity index (χ2n) is 6.01. The molecule has 0 aliphatic rings. The second kappa shape index (κ2) is 6.39. The van der Waals surface area contributed by atoms with E-state index in [-0.39, 0.29) is 11.8 Å². The molecule has 8 nitrogen and oxygen atoms in total. The molecule has 8 heteroatoms. The third kappa shape index (κ3) is 3.10. The Morgan fingerprint density at radius 2 is 1.96 bits per heavy atom. The first-order chi connectivity index (χ1) is 11.9. The maximum Gasteiger partial charge on any atom is 0.433 e. The molecule has 0 radical (unpaired) electrons. The van der Waals surface area contributed by atoms with Crippen LogP contribution in [-0.2, 0) is 0 Å². The van der Waals surface area contributed by atoms with Gasteiger partial charge in [0.2, 0.25) is 0 Å². The fourth-order valence-electron chi connectivity index (χ4n) is 2.79. The van der Waals surface area contributed by atoms with E-state index in [2.05, 4.69) is 14.9 Å². The van der Waals surface area contributed by atoms with Crippen molar-refractivity contribution in [3.63, 3.8) is 0 Å². The van der Waals surface area contributed by atoms with Crippen LogP contribution < -0.4 is 5.32 Å². The van der Waals surface area contributed by atoms with Gasteiger partial charge in [-0.15, -0.1) is 0 Å². The molecule has 0 aliphatic heterocycles. The number of aromatic nitrogens is 2. The Hall–Kier alpha value is -3.16. The summed E-state index contributed by atoms with van der Waals surface area (Å²) in [5, 5.41) is 13.4. The van der Waals surface area contributed by atoms with Crippen LogP contribution in [0.2, 0.25) is 0 Å². The first kappa shape index (κ1) is 16.7. The van der Waals surface area contributed by atoms with Crippen LogP contribution in [0.15, 0.2) is 40.8 Å². The van der Waals surface area contributed by atoms with Crippen molar-refractivity contribution in [1.82, 2.24) is 14.9 Å². The van der Waals surface area contributed by atoms with E-state index >= 15 is 0 Å². The predicted octanol–water partition coefficient (Wildman–Crippen LogP) is 3.61. The van der Waals surface area contributed by atoms with Gasteiger partial charge in [0.15, 0.2) is 5.76 Å². The lowest BCUT2D eigenvalue weighted by molar-refractivity contribution is -0.402. The van der Waals surface area contributed by atoms with Gasteiger partial charge in [-0.25, -0.2) is 4.98 Å². The number of para-hydroxylation sites is 2. The average molecular weight is 342 g/mol. The number of nitrogens with one attached hydrogen (secondary N) is 1. The average Bonchev–Trinajstić information content (AvgIpc) is 3.19. The van der Waals surface area contributed by atoms with E-state index in [0.29, 0.717) is 5.82 Å². The van der Waals surface area contributed by atoms with Crippen molar-refractivity contribution < 1.29 is 14.1 Å². The maximum absolute atomic E-state index is 12.3. The number of amides is 1. The molecule has 0 spiro atoms. The highest BCUT2D eigenvalue weighted by Gasteiger charge is 2.23. The maximum atomic E-state index is 12.3.